The molecule has 0 atom stereocenters. The molecule has 0 radical (unpaired) electrons. The van der Waals surface area contributed by atoms with E-state index >= 15 is 0 Å². The lowest BCUT2D eigenvalue weighted by molar-refractivity contribution is -0.137. The van der Waals surface area contributed by atoms with Crippen LogP contribution in [-0.4, -0.2) is 21.3 Å². The molecule has 0 unspecified atom stereocenters. The largest absolute Gasteiger partial charge is 0.478 e. The van der Waals surface area contributed by atoms with Gasteiger partial charge in [0.05, 0.1) is 26.7 Å². The van der Waals surface area contributed by atoms with Gasteiger partial charge in [0.15, 0.2) is 4.32 Å². The molecule has 1 amide bonds. The number of carbonyl (C=O) groups excluding carboxylic acids is 1. The molecule has 1 fully saturated rings. The van der Waals surface area contributed by atoms with E-state index in [0.29, 0.717) is 5.56 Å². The Balaban J connectivity index is 1.93. The second kappa shape index (κ2) is 7.57. The van der Waals surface area contributed by atoms with Crippen molar-refractivity contribution in [2.45, 2.75) is 6.18 Å². The first-order valence-corrected chi connectivity index (χ1v) is 9.16. The van der Waals surface area contributed by atoms with E-state index in [1.807, 2.05) is 0 Å². The zero-order valence-corrected chi connectivity index (χ0v) is 16.0. The van der Waals surface area contributed by atoms with Crippen LogP contribution in [0, 0.1) is 0 Å². The van der Waals surface area contributed by atoms with Crippen LogP contribution >= 0.6 is 35.6 Å². The van der Waals surface area contributed by atoms with Crippen LogP contribution in [0.1, 0.15) is 21.5 Å². The van der Waals surface area contributed by atoms with Crippen LogP contribution in [0.4, 0.5) is 18.9 Å². The number of carboxylic acids is 1. The Bertz CT molecular complexity index is 1020. The van der Waals surface area contributed by atoms with Gasteiger partial charge in [-0.25, -0.2) is 4.79 Å². The lowest BCUT2D eigenvalue weighted by Crippen LogP contribution is -2.27. The minimum Gasteiger partial charge on any atom is -0.478 e. The van der Waals surface area contributed by atoms with Gasteiger partial charge in [0.2, 0.25) is 0 Å². The van der Waals surface area contributed by atoms with E-state index in [0.717, 1.165) is 28.8 Å². The molecule has 0 spiro atoms. The summed E-state index contributed by atoms with van der Waals surface area (Å²) in [4.78, 5) is 24.8. The molecule has 28 heavy (non-hydrogen) atoms. The Morgan fingerprint density at radius 1 is 1.18 bits per heavy atom. The summed E-state index contributed by atoms with van der Waals surface area (Å²) < 4.78 is 39.3. The highest BCUT2D eigenvalue weighted by Gasteiger charge is 2.37. The maximum atomic E-state index is 13.1. The second-order valence-corrected chi connectivity index (χ2v) is 7.69. The van der Waals surface area contributed by atoms with Gasteiger partial charge >= 0.3 is 12.1 Å². The summed E-state index contributed by atoms with van der Waals surface area (Å²) in [5, 5.41) is 8.43. The summed E-state index contributed by atoms with van der Waals surface area (Å²) in [5.74, 6) is -1.66. The summed E-state index contributed by atoms with van der Waals surface area (Å²) in [6, 6.07) is 8.91. The van der Waals surface area contributed by atoms with Crippen molar-refractivity contribution in [1.82, 2.24) is 0 Å². The maximum absolute atomic E-state index is 13.1. The van der Waals surface area contributed by atoms with Crippen molar-refractivity contribution in [3.8, 4) is 0 Å². The van der Waals surface area contributed by atoms with Crippen LogP contribution in [0.25, 0.3) is 6.08 Å². The highest BCUT2D eigenvalue weighted by Crippen LogP contribution is 2.40. The quantitative estimate of drug-likeness (QED) is 0.504. The summed E-state index contributed by atoms with van der Waals surface area (Å²) in [6.07, 6.45) is -3.18. The first-order chi connectivity index (χ1) is 13.1. The van der Waals surface area contributed by atoms with Gasteiger partial charge in [-0.3, -0.25) is 9.69 Å². The molecule has 1 aliphatic rings. The fourth-order valence-corrected chi connectivity index (χ4v) is 3.96. The fraction of sp³-hybridized carbons (Fsp3) is 0.0556. The Hall–Kier alpha value is -2.36. The Kier molecular flexibility index (Phi) is 5.51. The van der Waals surface area contributed by atoms with Gasteiger partial charge in [0.25, 0.3) is 5.91 Å². The third kappa shape index (κ3) is 4.06. The summed E-state index contributed by atoms with van der Waals surface area (Å²) in [5.41, 5.74) is -0.457. The van der Waals surface area contributed by atoms with Crippen LogP contribution in [0.5, 0.6) is 0 Å². The molecule has 10 heteroatoms. The average Bonchev–Trinajstić information content (AvgIpc) is 2.89. The molecule has 1 N–H and O–H groups in total. The van der Waals surface area contributed by atoms with Crippen molar-refractivity contribution in [2.75, 3.05) is 4.90 Å². The summed E-state index contributed by atoms with van der Waals surface area (Å²) in [6.45, 7) is 0. The molecule has 144 valence electrons. The monoisotopic (exact) mass is 443 g/mol. The molecule has 1 saturated heterocycles. The highest BCUT2D eigenvalue weighted by atomic mass is 35.5. The Labute approximate surface area is 171 Å². The van der Waals surface area contributed by atoms with Crippen molar-refractivity contribution < 1.29 is 27.9 Å². The lowest BCUT2D eigenvalue weighted by atomic mass is 10.1. The van der Waals surface area contributed by atoms with Gasteiger partial charge in [-0.2, -0.15) is 13.2 Å². The Morgan fingerprint density at radius 2 is 1.82 bits per heavy atom. The van der Waals surface area contributed by atoms with E-state index in [1.165, 1.54) is 36.4 Å². The number of benzene rings is 2. The molecule has 1 aliphatic heterocycles. The van der Waals surface area contributed by atoms with E-state index in [4.69, 9.17) is 28.9 Å². The number of thioether (sulfide) groups is 1. The zero-order chi connectivity index (χ0) is 20.6. The van der Waals surface area contributed by atoms with Crippen LogP contribution in [0.15, 0.2) is 47.4 Å². The number of hydrogen-bond donors (Lipinski definition) is 1. The predicted octanol–water partition coefficient (Wildman–Crippen LogP) is 5.46. The SMILES string of the molecule is O=C(O)c1ccc(/C=C2\SC(=S)N(c3ccc(Cl)c(C(F)(F)F)c3)C2=O)cc1. The number of aromatic carboxylic acids is 1. The summed E-state index contributed by atoms with van der Waals surface area (Å²) in [7, 11) is 0. The van der Waals surface area contributed by atoms with E-state index in [1.54, 1.807) is 0 Å². The first-order valence-electron chi connectivity index (χ1n) is 7.56. The topological polar surface area (TPSA) is 57.6 Å². The maximum Gasteiger partial charge on any atom is 0.417 e. The van der Waals surface area contributed by atoms with Crippen molar-refractivity contribution in [2.24, 2.45) is 0 Å². The number of hydrogen-bond acceptors (Lipinski definition) is 4. The van der Waals surface area contributed by atoms with Crippen molar-refractivity contribution in [3.05, 3.63) is 69.1 Å². The molecule has 4 nitrogen and oxygen atoms in total. The number of rotatable bonds is 3. The Morgan fingerprint density at radius 3 is 2.39 bits per heavy atom. The standard InChI is InChI=1S/C18H9ClF3NO3S2/c19-13-6-5-11(8-12(13)18(20,21)22)23-15(24)14(28-17(23)27)7-9-1-3-10(4-2-9)16(25)26/h1-8H,(H,25,26)/b14-7-. The normalized spacial score (nSPS) is 16.1. The van der Waals surface area contributed by atoms with Crippen molar-refractivity contribution >= 4 is 63.5 Å². The van der Waals surface area contributed by atoms with Crippen LogP contribution in [0.3, 0.4) is 0 Å². The minimum absolute atomic E-state index is 0.0381. The molecule has 3 rings (SSSR count). The summed E-state index contributed by atoms with van der Waals surface area (Å²) >= 11 is 11.7. The molecular formula is C18H9ClF3NO3S2. The number of thiocarbonyl (C=S) groups is 1. The lowest BCUT2D eigenvalue weighted by Gasteiger charge is -2.17. The van der Waals surface area contributed by atoms with Crippen LogP contribution in [-0.2, 0) is 11.0 Å². The minimum atomic E-state index is -4.67. The second-order valence-electron chi connectivity index (χ2n) is 5.61. The van der Waals surface area contributed by atoms with E-state index in [9.17, 15) is 22.8 Å². The molecule has 0 bridgehead atoms. The fourth-order valence-electron chi connectivity index (χ4n) is 2.43. The van der Waals surface area contributed by atoms with Gasteiger partial charge in [-0.05, 0) is 42.0 Å². The number of anilines is 1. The smallest absolute Gasteiger partial charge is 0.417 e. The van der Waals surface area contributed by atoms with Gasteiger partial charge in [-0.1, -0.05) is 47.7 Å². The third-order valence-electron chi connectivity index (χ3n) is 3.76. The zero-order valence-electron chi connectivity index (χ0n) is 13.7. The number of amides is 1. The number of carboxylic acid groups (broad SMARTS) is 1. The van der Waals surface area contributed by atoms with Gasteiger partial charge in [0.1, 0.15) is 0 Å². The van der Waals surface area contributed by atoms with Crippen molar-refractivity contribution in [1.29, 1.82) is 0 Å². The molecule has 1 heterocycles. The molecule has 0 aromatic heterocycles. The molecule has 0 aliphatic carbocycles. The van der Waals surface area contributed by atoms with Gasteiger partial charge < -0.3 is 5.11 Å². The van der Waals surface area contributed by atoms with E-state index in [-0.39, 0.29) is 20.5 Å². The van der Waals surface area contributed by atoms with Gasteiger partial charge in [0, 0.05) is 0 Å². The molecule has 2 aromatic rings. The number of nitrogens with zero attached hydrogens (tertiary/aromatic N) is 1. The average molecular weight is 444 g/mol. The number of alkyl halides is 3. The van der Waals surface area contributed by atoms with E-state index < -0.39 is 28.6 Å². The number of carbonyl (C=O) groups is 2. The van der Waals surface area contributed by atoms with E-state index in [2.05, 4.69) is 0 Å². The molecule has 2 aromatic carbocycles. The van der Waals surface area contributed by atoms with Crippen molar-refractivity contribution in [3.63, 3.8) is 0 Å². The van der Waals surface area contributed by atoms with Crippen LogP contribution in [0.2, 0.25) is 5.02 Å². The number of halogens is 4. The molecule has 0 saturated carbocycles. The van der Waals surface area contributed by atoms with Gasteiger partial charge in [-0.15, -0.1) is 0 Å². The molecular weight excluding hydrogens is 435 g/mol. The van der Waals surface area contributed by atoms with Crippen LogP contribution < -0.4 is 4.90 Å². The third-order valence-corrected chi connectivity index (χ3v) is 5.39. The first kappa shape index (κ1) is 20.4. The highest BCUT2D eigenvalue weighted by molar-refractivity contribution is 8.27. The predicted molar refractivity (Wildman–Crippen MR) is 106 cm³/mol.